The Bertz CT molecular complexity index is 164. The van der Waals surface area contributed by atoms with Crippen molar-refractivity contribution in [1.29, 1.82) is 0 Å². The Morgan fingerprint density at radius 3 is 2.64 bits per heavy atom. The molecule has 0 N–H and O–H groups in total. The lowest BCUT2D eigenvalue weighted by molar-refractivity contribution is -0.186. The monoisotopic (exact) mass is 153 g/mol. The number of nitrogens with zero attached hydrogens (tertiary/aromatic N) is 1. The lowest BCUT2D eigenvalue weighted by atomic mass is 9.78. The average Bonchev–Trinajstić information content (AvgIpc) is 1.81. The fourth-order valence-electron chi connectivity index (χ4n) is 1.86. The van der Waals surface area contributed by atoms with Crippen molar-refractivity contribution in [2.75, 3.05) is 32.8 Å². The molecule has 2 rings (SSSR count). The number of rotatable bonds is 2. The Morgan fingerprint density at radius 2 is 2.18 bits per heavy atom. The van der Waals surface area contributed by atoms with Gasteiger partial charge in [-0.05, 0) is 6.92 Å². The maximum absolute atomic E-state index is 5.19. The van der Waals surface area contributed by atoms with Gasteiger partial charge in [0.1, 0.15) is 0 Å². The average molecular weight is 153 g/mol. The van der Waals surface area contributed by atoms with E-state index >= 15 is 0 Å². The molecule has 2 aliphatic rings. The van der Waals surface area contributed by atoms with Crippen LogP contribution in [0.2, 0.25) is 0 Å². The minimum atomic E-state index is 0.585. The molecule has 0 amide bonds. The first kappa shape index (κ1) is 7.32. The summed E-state index contributed by atoms with van der Waals surface area (Å²) in [5.41, 5.74) is 0.585. The second kappa shape index (κ2) is 2.61. The van der Waals surface area contributed by atoms with Crippen molar-refractivity contribution in [2.24, 2.45) is 5.41 Å². The lowest BCUT2D eigenvalue weighted by Crippen LogP contribution is -2.65. The van der Waals surface area contributed by atoms with Crippen molar-refractivity contribution in [2.45, 2.75) is 6.92 Å². The molecule has 0 atom stereocenters. The maximum Gasteiger partial charge on any atom is 0.0569 e. The summed E-state index contributed by atoms with van der Waals surface area (Å²) in [5, 5.41) is 0. The molecule has 0 saturated carbocycles. The highest BCUT2D eigenvalue weighted by molar-refractivity contribution is 5.01. The molecule has 0 unspecified atom stereocenters. The van der Waals surface area contributed by atoms with Crippen LogP contribution in [-0.4, -0.2) is 37.7 Å². The molecule has 1 spiro atoms. The van der Waals surface area contributed by atoms with Gasteiger partial charge in [0.2, 0.25) is 0 Å². The molecular formula is C9H15NO. The summed E-state index contributed by atoms with van der Waals surface area (Å²) in [5.74, 6) is 0. The van der Waals surface area contributed by atoms with Gasteiger partial charge < -0.3 is 4.74 Å². The van der Waals surface area contributed by atoms with E-state index in [0.29, 0.717) is 5.41 Å². The molecule has 0 radical (unpaired) electrons. The zero-order chi connectivity index (χ0) is 7.73. The molecule has 0 aromatic carbocycles. The van der Waals surface area contributed by atoms with Gasteiger partial charge in [-0.15, -0.1) is 0 Å². The number of allylic oxidation sites excluding steroid dienone is 1. The summed E-state index contributed by atoms with van der Waals surface area (Å²) in [6.07, 6.45) is 4.33. The van der Waals surface area contributed by atoms with E-state index in [1.165, 1.54) is 13.1 Å². The fraction of sp³-hybridized carbons (Fsp3) is 0.778. The minimum Gasteiger partial charge on any atom is -0.380 e. The van der Waals surface area contributed by atoms with Crippen LogP contribution in [0.3, 0.4) is 0 Å². The Hall–Kier alpha value is -0.340. The molecule has 2 saturated heterocycles. The first-order valence-electron chi connectivity index (χ1n) is 4.26. The number of hydrogen-bond donors (Lipinski definition) is 0. The summed E-state index contributed by atoms with van der Waals surface area (Å²) in [6, 6.07) is 0. The summed E-state index contributed by atoms with van der Waals surface area (Å²) >= 11 is 0. The van der Waals surface area contributed by atoms with Crippen LogP contribution in [0.25, 0.3) is 0 Å². The normalized spacial score (nSPS) is 28.8. The molecule has 11 heavy (non-hydrogen) atoms. The number of likely N-dealkylation sites (tertiary alicyclic amines) is 1. The molecule has 2 nitrogen and oxygen atoms in total. The second-order valence-electron chi connectivity index (χ2n) is 3.73. The van der Waals surface area contributed by atoms with E-state index in [4.69, 9.17) is 4.74 Å². The van der Waals surface area contributed by atoms with E-state index in [9.17, 15) is 0 Å². The van der Waals surface area contributed by atoms with Crippen molar-refractivity contribution < 1.29 is 4.74 Å². The summed E-state index contributed by atoms with van der Waals surface area (Å²) < 4.78 is 5.19. The molecule has 2 aliphatic heterocycles. The van der Waals surface area contributed by atoms with E-state index < -0.39 is 0 Å². The van der Waals surface area contributed by atoms with E-state index in [0.717, 1.165) is 19.8 Å². The largest absolute Gasteiger partial charge is 0.380 e. The quantitative estimate of drug-likeness (QED) is 0.546. The SMILES string of the molecule is C/C=C/CN1CC2(COC2)C1. The summed E-state index contributed by atoms with van der Waals surface area (Å²) in [6.45, 7) is 7.69. The zero-order valence-electron chi connectivity index (χ0n) is 7.05. The van der Waals surface area contributed by atoms with Crippen LogP contribution in [0.5, 0.6) is 0 Å². The van der Waals surface area contributed by atoms with Crippen molar-refractivity contribution in [3.63, 3.8) is 0 Å². The Kier molecular flexibility index (Phi) is 1.74. The fourth-order valence-corrected chi connectivity index (χ4v) is 1.86. The third kappa shape index (κ3) is 1.21. The van der Waals surface area contributed by atoms with Gasteiger partial charge in [-0.2, -0.15) is 0 Å². The third-order valence-electron chi connectivity index (χ3n) is 2.53. The van der Waals surface area contributed by atoms with Crippen LogP contribution in [0.1, 0.15) is 6.92 Å². The van der Waals surface area contributed by atoms with Crippen molar-refractivity contribution in [1.82, 2.24) is 4.90 Å². The van der Waals surface area contributed by atoms with Gasteiger partial charge in [0.25, 0.3) is 0 Å². The Balaban J connectivity index is 1.71. The first-order valence-corrected chi connectivity index (χ1v) is 4.26. The van der Waals surface area contributed by atoms with Gasteiger partial charge in [0.05, 0.1) is 13.2 Å². The summed E-state index contributed by atoms with van der Waals surface area (Å²) in [7, 11) is 0. The van der Waals surface area contributed by atoms with Crippen molar-refractivity contribution in [3.05, 3.63) is 12.2 Å². The zero-order valence-corrected chi connectivity index (χ0v) is 7.05. The van der Waals surface area contributed by atoms with Gasteiger partial charge >= 0.3 is 0 Å². The maximum atomic E-state index is 5.19. The topological polar surface area (TPSA) is 12.5 Å². The van der Waals surface area contributed by atoms with Gasteiger partial charge in [-0.25, -0.2) is 0 Å². The highest BCUT2D eigenvalue weighted by Gasteiger charge is 2.48. The highest BCUT2D eigenvalue weighted by atomic mass is 16.5. The van der Waals surface area contributed by atoms with Crippen LogP contribution in [0, 0.1) is 5.41 Å². The van der Waals surface area contributed by atoms with Gasteiger partial charge in [0.15, 0.2) is 0 Å². The molecule has 2 fully saturated rings. The van der Waals surface area contributed by atoms with Crippen LogP contribution in [0.15, 0.2) is 12.2 Å². The Labute approximate surface area is 67.8 Å². The Morgan fingerprint density at radius 1 is 1.45 bits per heavy atom. The molecule has 0 aliphatic carbocycles. The van der Waals surface area contributed by atoms with Gasteiger partial charge in [0, 0.05) is 25.0 Å². The molecular weight excluding hydrogens is 138 g/mol. The third-order valence-corrected chi connectivity index (χ3v) is 2.53. The van der Waals surface area contributed by atoms with E-state index in [1.54, 1.807) is 0 Å². The first-order chi connectivity index (χ1) is 5.35. The van der Waals surface area contributed by atoms with E-state index in [2.05, 4.69) is 24.0 Å². The van der Waals surface area contributed by atoms with Crippen LogP contribution < -0.4 is 0 Å². The van der Waals surface area contributed by atoms with Crippen LogP contribution in [0.4, 0.5) is 0 Å². The predicted octanol–water partition coefficient (Wildman–Crippen LogP) is 0.895. The van der Waals surface area contributed by atoms with Gasteiger partial charge in [-0.1, -0.05) is 12.2 Å². The molecule has 0 aromatic rings. The molecule has 0 bridgehead atoms. The number of hydrogen-bond acceptors (Lipinski definition) is 2. The highest BCUT2D eigenvalue weighted by Crippen LogP contribution is 2.36. The molecule has 62 valence electrons. The second-order valence-corrected chi connectivity index (χ2v) is 3.73. The van der Waals surface area contributed by atoms with Crippen molar-refractivity contribution >= 4 is 0 Å². The van der Waals surface area contributed by atoms with E-state index in [-0.39, 0.29) is 0 Å². The molecule has 2 heterocycles. The van der Waals surface area contributed by atoms with Crippen LogP contribution in [-0.2, 0) is 4.74 Å². The predicted molar refractivity (Wildman–Crippen MR) is 44.5 cm³/mol. The minimum absolute atomic E-state index is 0.585. The van der Waals surface area contributed by atoms with Gasteiger partial charge in [-0.3, -0.25) is 4.90 Å². The molecule has 2 heteroatoms. The number of ether oxygens (including phenoxy) is 1. The standard InChI is InChI=1S/C9H15NO/c1-2-3-4-10-5-9(6-10)7-11-8-9/h2-3H,4-8H2,1H3/b3-2+. The summed E-state index contributed by atoms with van der Waals surface area (Å²) in [4.78, 5) is 2.46. The molecule has 0 aromatic heterocycles. The van der Waals surface area contributed by atoms with E-state index in [1.807, 2.05) is 0 Å². The smallest absolute Gasteiger partial charge is 0.0569 e. The van der Waals surface area contributed by atoms with Crippen LogP contribution >= 0.6 is 0 Å². The van der Waals surface area contributed by atoms with Crippen molar-refractivity contribution in [3.8, 4) is 0 Å². The lowest BCUT2D eigenvalue weighted by Gasteiger charge is -2.54.